The molecule has 0 saturated heterocycles. The van der Waals surface area contributed by atoms with E-state index in [0.717, 1.165) is 0 Å². The van der Waals surface area contributed by atoms with Crippen LogP contribution in [0.1, 0.15) is 0 Å². The number of allylic oxidation sites excluding steroid dienone is 3. The molecule has 0 heterocycles. The molecule has 0 aromatic rings. The Morgan fingerprint density at radius 2 is 2.29 bits per heavy atom. The van der Waals surface area contributed by atoms with Crippen LogP contribution in [-0.4, -0.2) is 5.78 Å². The quantitative estimate of drug-likeness (QED) is 0.459. The highest BCUT2D eigenvalue weighted by molar-refractivity contribution is 6.05. The number of rotatable bonds is 0. The third-order valence-corrected chi connectivity index (χ3v) is 0.808. The van der Waals surface area contributed by atoms with Gasteiger partial charge < -0.3 is 5.73 Å². The van der Waals surface area contributed by atoms with Crippen molar-refractivity contribution < 1.29 is 4.79 Å². The highest BCUT2D eigenvalue weighted by Crippen LogP contribution is 1.96. The molecule has 0 amide bonds. The highest BCUT2D eigenvalue weighted by atomic mass is 16.1. The summed E-state index contributed by atoms with van der Waals surface area (Å²) in [5.41, 5.74) is 5.46. The minimum absolute atomic E-state index is 0.0833. The van der Waals surface area contributed by atoms with Crippen LogP contribution >= 0.6 is 0 Å². The molecule has 2 nitrogen and oxygen atoms in total. The monoisotopic (exact) mass is 95.0 g/mol. The van der Waals surface area contributed by atoms with Gasteiger partial charge in [0.15, 0.2) is 0 Å². The first kappa shape index (κ1) is 4.12. The van der Waals surface area contributed by atoms with Crippen LogP contribution in [0.4, 0.5) is 0 Å². The maximum Gasteiger partial charge on any atom is 0.201 e. The molecule has 7 heavy (non-hydrogen) atoms. The normalized spacial score (nSPS) is 17.7. The summed E-state index contributed by atoms with van der Waals surface area (Å²) < 4.78 is 0. The summed E-state index contributed by atoms with van der Waals surface area (Å²) in [6, 6.07) is 0. The highest BCUT2D eigenvalue weighted by Gasteiger charge is 2.01. The van der Waals surface area contributed by atoms with Crippen molar-refractivity contribution in [3.8, 4) is 0 Å². The smallest absolute Gasteiger partial charge is 0.201 e. The van der Waals surface area contributed by atoms with Gasteiger partial charge in [0.1, 0.15) is 0 Å². The summed E-state index contributed by atoms with van der Waals surface area (Å²) in [5.74, 6) is -0.0833. The Labute approximate surface area is 41.3 Å². The maximum absolute atomic E-state index is 10.3. The third-order valence-electron chi connectivity index (χ3n) is 0.808. The molecule has 0 aliphatic heterocycles. The van der Waals surface area contributed by atoms with Crippen molar-refractivity contribution in [2.45, 2.75) is 0 Å². The van der Waals surface area contributed by atoms with E-state index in [1.54, 1.807) is 12.2 Å². The third kappa shape index (κ3) is 0.538. The van der Waals surface area contributed by atoms with Gasteiger partial charge in [-0.2, -0.15) is 0 Å². The zero-order valence-electron chi connectivity index (χ0n) is 3.72. The van der Waals surface area contributed by atoms with Crippen molar-refractivity contribution in [2.75, 3.05) is 0 Å². The Morgan fingerprint density at radius 3 is 2.43 bits per heavy atom. The molecule has 0 spiro atoms. The second-order valence-corrected chi connectivity index (χ2v) is 1.35. The van der Waals surface area contributed by atoms with E-state index in [1.165, 1.54) is 6.08 Å². The molecule has 1 rings (SSSR count). The van der Waals surface area contributed by atoms with E-state index >= 15 is 0 Å². The summed E-state index contributed by atoms with van der Waals surface area (Å²) in [4.78, 5) is 10.3. The summed E-state index contributed by atoms with van der Waals surface area (Å²) in [7, 11) is 0. The van der Waals surface area contributed by atoms with E-state index < -0.39 is 0 Å². The van der Waals surface area contributed by atoms with E-state index in [1.807, 2.05) is 0 Å². The van der Waals surface area contributed by atoms with E-state index in [-0.39, 0.29) is 5.78 Å². The number of hydrogen-bond donors (Lipinski definition) is 1. The number of carbonyl (C=O) groups excluding carboxylic acids is 1. The Balaban J connectivity index is 2.89. The topological polar surface area (TPSA) is 43.1 Å². The van der Waals surface area contributed by atoms with Crippen molar-refractivity contribution >= 4 is 5.78 Å². The first-order chi connectivity index (χ1) is 3.30. The molecule has 0 aromatic carbocycles. The van der Waals surface area contributed by atoms with Crippen molar-refractivity contribution in [3.05, 3.63) is 23.9 Å². The van der Waals surface area contributed by atoms with Crippen LogP contribution in [0.3, 0.4) is 0 Å². The molecule has 2 N–H and O–H groups in total. The second kappa shape index (κ2) is 1.22. The maximum atomic E-state index is 10.3. The zero-order valence-corrected chi connectivity index (χ0v) is 3.72. The van der Waals surface area contributed by atoms with E-state index in [2.05, 4.69) is 0 Å². The molecule has 0 atom stereocenters. The van der Waals surface area contributed by atoms with Crippen LogP contribution < -0.4 is 5.73 Å². The van der Waals surface area contributed by atoms with Crippen molar-refractivity contribution in [3.63, 3.8) is 0 Å². The first-order valence-electron chi connectivity index (χ1n) is 1.99. The molecule has 0 unspecified atom stereocenters. The van der Waals surface area contributed by atoms with Crippen LogP contribution in [0, 0.1) is 0 Å². The van der Waals surface area contributed by atoms with Crippen molar-refractivity contribution in [1.29, 1.82) is 0 Å². The molecule has 0 bridgehead atoms. The molecule has 2 heteroatoms. The lowest BCUT2D eigenvalue weighted by Crippen LogP contribution is -2.03. The molecule has 36 valence electrons. The Hall–Kier alpha value is -1.05. The molecule has 0 radical (unpaired) electrons. The standard InChI is InChI=1S/C5H5NO/c6-4-2-1-3-5(4)7/h1-3H,(H2,6,7). The van der Waals surface area contributed by atoms with Crippen LogP contribution in [0.2, 0.25) is 0 Å². The number of nitrogens with two attached hydrogens (primary N) is 1. The van der Waals surface area contributed by atoms with Crippen LogP contribution in [0.5, 0.6) is 0 Å². The van der Waals surface area contributed by atoms with Gasteiger partial charge in [0.25, 0.3) is 0 Å². The Kier molecular flexibility index (Phi) is 0.719. The minimum Gasteiger partial charge on any atom is -0.396 e. The Bertz CT molecular complexity index is 155. The number of ketones is 1. The van der Waals surface area contributed by atoms with Crippen LogP contribution in [-0.2, 0) is 4.79 Å². The van der Waals surface area contributed by atoms with Gasteiger partial charge in [-0.1, -0.05) is 6.08 Å². The Morgan fingerprint density at radius 1 is 1.57 bits per heavy atom. The molecular formula is C5H5NO. The number of carbonyl (C=O) groups is 1. The fourth-order valence-electron chi connectivity index (χ4n) is 0.418. The van der Waals surface area contributed by atoms with Gasteiger partial charge >= 0.3 is 0 Å². The van der Waals surface area contributed by atoms with Crippen molar-refractivity contribution in [1.82, 2.24) is 0 Å². The first-order valence-corrected chi connectivity index (χ1v) is 1.99. The second-order valence-electron chi connectivity index (χ2n) is 1.35. The van der Waals surface area contributed by atoms with Gasteiger partial charge in [-0.05, 0) is 12.2 Å². The van der Waals surface area contributed by atoms with Gasteiger partial charge in [-0.3, -0.25) is 4.79 Å². The predicted molar refractivity (Wildman–Crippen MR) is 26.4 cm³/mol. The van der Waals surface area contributed by atoms with Crippen molar-refractivity contribution in [2.24, 2.45) is 5.73 Å². The van der Waals surface area contributed by atoms with E-state index in [9.17, 15) is 4.79 Å². The lowest BCUT2D eigenvalue weighted by atomic mass is 10.4. The molecule has 1 aliphatic rings. The SMILES string of the molecule is NC1=CC=CC1=O. The van der Waals surface area contributed by atoms with E-state index in [0.29, 0.717) is 5.70 Å². The lowest BCUT2D eigenvalue weighted by molar-refractivity contribution is -0.111. The summed E-state index contributed by atoms with van der Waals surface area (Å²) in [5, 5.41) is 0. The minimum atomic E-state index is -0.0833. The molecule has 0 saturated carbocycles. The van der Waals surface area contributed by atoms with Gasteiger partial charge in [-0.15, -0.1) is 0 Å². The summed E-state index contributed by atoms with van der Waals surface area (Å²) in [6.45, 7) is 0. The summed E-state index contributed by atoms with van der Waals surface area (Å²) >= 11 is 0. The molecule has 1 aliphatic carbocycles. The van der Waals surface area contributed by atoms with Gasteiger partial charge in [0, 0.05) is 0 Å². The lowest BCUT2D eigenvalue weighted by Gasteiger charge is -1.81. The largest absolute Gasteiger partial charge is 0.396 e. The average molecular weight is 95.1 g/mol. The fourth-order valence-corrected chi connectivity index (χ4v) is 0.418. The molecule has 0 fully saturated rings. The molecular weight excluding hydrogens is 90.1 g/mol. The van der Waals surface area contributed by atoms with E-state index in [4.69, 9.17) is 5.73 Å². The van der Waals surface area contributed by atoms with Gasteiger partial charge in [0.05, 0.1) is 5.70 Å². The average Bonchev–Trinajstić information content (AvgIpc) is 1.91. The molecule has 0 aromatic heterocycles. The van der Waals surface area contributed by atoms with Gasteiger partial charge in [-0.25, -0.2) is 0 Å². The fraction of sp³-hybridized carbons (Fsp3) is 0. The zero-order chi connectivity index (χ0) is 5.28. The predicted octanol–water partition coefficient (Wildman–Crippen LogP) is -0.0321. The van der Waals surface area contributed by atoms with Crippen LogP contribution in [0.15, 0.2) is 23.9 Å². The summed E-state index contributed by atoms with van der Waals surface area (Å²) in [6.07, 6.45) is 4.66. The van der Waals surface area contributed by atoms with Gasteiger partial charge in [0.2, 0.25) is 5.78 Å². The van der Waals surface area contributed by atoms with Crippen LogP contribution in [0.25, 0.3) is 0 Å². The number of hydrogen-bond acceptors (Lipinski definition) is 2.